The third-order valence-corrected chi connectivity index (χ3v) is 4.83. The first-order valence-electron chi connectivity index (χ1n) is 6.42. The van der Waals surface area contributed by atoms with Crippen molar-refractivity contribution in [2.75, 3.05) is 6.54 Å². The maximum atomic E-state index is 11.6. The molecule has 1 unspecified atom stereocenters. The van der Waals surface area contributed by atoms with Crippen molar-refractivity contribution in [2.24, 2.45) is 5.41 Å². The van der Waals surface area contributed by atoms with Crippen LogP contribution in [-0.4, -0.2) is 28.0 Å². The summed E-state index contributed by atoms with van der Waals surface area (Å²) in [6, 6.07) is 0. The second-order valence-corrected chi connectivity index (χ2v) is 7.09. The molecule has 1 aliphatic rings. The number of carbonyl (C=O) groups is 1. The summed E-state index contributed by atoms with van der Waals surface area (Å²) >= 11 is 3.31. The van der Waals surface area contributed by atoms with Crippen molar-refractivity contribution in [3.05, 3.63) is 0 Å². The fraction of sp³-hybridized carbons (Fsp3) is 0.923. The minimum Gasteiger partial charge on any atom is -0.388 e. The van der Waals surface area contributed by atoms with E-state index < -0.39 is 5.60 Å². The lowest BCUT2D eigenvalue weighted by atomic mass is 9.71. The number of hydrogen-bond acceptors (Lipinski definition) is 2. The molecule has 1 saturated carbocycles. The Labute approximate surface area is 112 Å². The molecule has 17 heavy (non-hydrogen) atoms. The minimum absolute atomic E-state index is 0.0224. The Hall–Kier alpha value is -0.0900. The Kier molecular flexibility index (Phi) is 5.02. The van der Waals surface area contributed by atoms with Gasteiger partial charge in [0.1, 0.15) is 0 Å². The van der Waals surface area contributed by atoms with Crippen LogP contribution in [0, 0.1) is 5.41 Å². The average molecular weight is 306 g/mol. The predicted molar refractivity (Wildman–Crippen MR) is 73.2 cm³/mol. The van der Waals surface area contributed by atoms with Gasteiger partial charge in [0.2, 0.25) is 5.91 Å². The second-order valence-electron chi connectivity index (χ2n) is 5.98. The molecule has 0 aromatic rings. The quantitative estimate of drug-likeness (QED) is 0.784. The maximum Gasteiger partial charge on any atom is 0.233 e. The third-order valence-electron chi connectivity index (χ3n) is 3.77. The van der Waals surface area contributed by atoms with Gasteiger partial charge >= 0.3 is 0 Å². The van der Waals surface area contributed by atoms with Crippen LogP contribution < -0.4 is 5.32 Å². The molecule has 100 valence electrons. The molecule has 0 saturated heterocycles. The molecule has 0 aromatic heterocycles. The van der Waals surface area contributed by atoms with E-state index in [1.54, 1.807) is 0 Å². The van der Waals surface area contributed by atoms with Gasteiger partial charge in [0, 0.05) is 6.54 Å². The van der Waals surface area contributed by atoms with Crippen molar-refractivity contribution in [2.45, 2.75) is 63.3 Å². The standard InChI is InChI=1S/C13H24BrNO2/c1-4-10(14)11(16)15-9-13(17)7-5-12(2,3)6-8-13/h10,17H,4-9H2,1-3H3,(H,15,16). The molecular formula is C13H24BrNO2. The molecule has 0 aromatic carbocycles. The maximum absolute atomic E-state index is 11.6. The molecule has 0 bridgehead atoms. The van der Waals surface area contributed by atoms with E-state index in [4.69, 9.17) is 0 Å². The zero-order chi connectivity index (χ0) is 13.1. The fourth-order valence-corrected chi connectivity index (χ4v) is 2.28. The Balaban J connectivity index is 2.39. The van der Waals surface area contributed by atoms with Crippen LogP contribution in [0.3, 0.4) is 0 Å². The van der Waals surface area contributed by atoms with E-state index in [1.165, 1.54) is 0 Å². The predicted octanol–water partition coefficient (Wildman–Crippen LogP) is 2.61. The summed E-state index contributed by atoms with van der Waals surface area (Å²) in [6.45, 7) is 6.80. The lowest BCUT2D eigenvalue weighted by Crippen LogP contribution is -2.47. The van der Waals surface area contributed by atoms with Crippen LogP contribution in [0.15, 0.2) is 0 Å². The normalized spacial score (nSPS) is 24.1. The first-order valence-corrected chi connectivity index (χ1v) is 7.34. The number of alkyl halides is 1. The van der Waals surface area contributed by atoms with Crippen molar-refractivity contribution in [3.63, 3.8) is 0 Å². The summed E-state index contributed by atoms with van der Waals surface area (Å²) in [6.07, 6.45) is 4.35. The zero-order valence-corrected chi connectivity index (χ0v) is 12.6. The van der Waals surface area contributed by atoms with Crippen LogP contribution >= 0.6 is 15.9 Å². The second kappa shape index (κ2) is 5.70. The van der Waals surface area contributed by atoms with Gasteiger partial charge in [-0.2, -0.15) is 0 Å². The number of nitrogens with one attached hydrogen (secondary N) is 1. The highest BCUT2D eigenvalue weighted by atomic mass is 79.9. The molecular weight excluding hydrogens is 282 g/mol. The first-order chi connectivity index (χ1) is 7.78. The van der Waals surface area contributed by atoms with Crippen molar-refractivity contribution in [1.29, 1.82) is 0 Å². The Bertz CT molecular complexity index is 269. The van der Waals surface area contributed by atoms with Crippen molar-refractivity contribution < 1.29 is 9.90 Å². The molecule has 1 fully saturated rings. The number of hydrogen-bond donors (Lipinski definition) is 2. The number of carbonyl (C=O) groups excluding carboxylic acids is 1. The van der Waals surface area contributed by atoms with Gasteiger partial charge in [-0.05, 0) is 37.5 Å². The van der Waals surface area contributed by atoms with Crippen molar-refractivity contribution in [3.8, 4) is 0 Å². The van der Waals surface area contributed by atoms with Crippen LogP contribution in [-0.2, 0) is 4.79 Å². The molecule has 1 aliphatic carbocycles. The molecule has 1 amide bonds. The molecule has 0 heterocycles. The molecule has 1 atom stereocenters. The van der Waals surface area contributed by atoms with Crippen molar-refractivity contribution in [1.82, 2.24) is 5.32 Å². The van der Waals surface area contributed by atoms with E-state index in [9.17, 15) is 9.90 Å². The van der Waals surface area contributed by atoms with Gasteiger partial charge in [-0.15, -0.1) is 0 Å². The molecule has 0 aliphatic heterocycles. The van der Waals surface area contributed by atoms with Gasteiger partial charge in [0.25, 0.3) is 0 Å². The van der Waals surface area contributed by atoms with Crippen LogP contribution in [0.5, 0.6) is 0 Å². The molecule has 1 rings (SSSR count). The first kappa shape index (κ1) is 15.0. The van der Waals surface area contributed by atoms with Gasteiger partial charge < -0.3 is 10.4 Å². The minimum atomic E-state index is -0.703. The molecule has 2 N–H and O–H groups in total. The monoisotopic (exact) mass is 305 g/mol. The third kappa shape index (κ3) is 4.59. The van der Waals surface area contributed by atoms with Crippen LogP contribution in [0.1, 0.15) is 52.9 Å². The van der Waals surface area contributed by atoms with Crippen LogP contribution in [0.2, 0.25) is 0 Å². The van der Waals surface area contributed by atoms with E-state index in [2.05, 4.69) is 35.1 Å². The van der Waals surface area contributed by atoms with Gasteiger partial charge in [-0.3, -0.25) is 4.79 Å². The Morgan fingerprint density at radius 3 is 2.35 bits per heavy atom. The number of amides is 1. The average Bonchev–Trinajstić information content (AvgIpc) is 2.30. The Morgan fingerprint density at radius 2 is 1.88 bits per heavy atom. The van der Waals surface area contributed by atoms with Gasteiger partial charge in [0.15, 0.2) is 0 Å². The van der Waals surface area contributed by atoms with Gasteiger partial charge in [0.05, 0.1) is 10.4 Å². The smallest absolute Gasteiger partial charge is 0.233 e. The topological polar surface area (TPSA) is 49.3 Å². The highest BCUT2D eigenvalue weighted by Gasteiger charge is 2.36. The van der Waals surface area contributed by atoms with E-state index in [0.29, 0.717) is 12.0 Å². The number of rotatable bonds is 4. The van der Waals surface area contributed by atoms with Gasteiger partial charge in [-0.25, -0.2) is 0 Å². The summed E-state index contributed by atoms with van der Waals surface area (Å²) < 4.78 is 0. The summed E-state index contributed by atoms with van der Waals surface area (Å²) in [5.74, 6) is -0.0224. The summed E-state index contributed by atoms with van der Waals surface area (Å²) in [5, 5.41) is 13.2. The highest BCUT2D eigenvalue weighted by molar-refractivity contribution is 9.10. The van der Waals surface area contributed by atoms with E-state index in [1.807, 2.05) is 6.92 Å². The van der Waals surface area contributed by atoms with Crippen LogP contribution in [0.4, 0.5) is 0 Å². The molecule has 0 radical (unpaired) electrons. The summed E-state index contributed by atoms with van der Waals surface area (Å²) in [5.41, 5.74) is -0.372. The van der Waals surface area contributed by atoms with E-state index in [0.717, 1.165) is 32.1 Å². The Morgan fingerprint density at radius 1 is 1.35 bits per heavy atom. The largest absolute Gasteiger partial charge is 0.388 e. The van der Waals surface area contributed by atoms with Gasteiger partial charge in [-0.1, -0.05) is 36.7 Å². The lowest BCUT2D eigenvalue weighted by Gasteiger charge is -2.40. The lowest BCUT2D eigenvalue weighted by molar-refractivity contribution is -0.122. The van der Waals surface area contributed by atoms with E-state index in [-0.39, 0.29) is 10.7 Å². The summed E-state index contributed by atoms with van der Waals surface area (Å²) in [7, 11) is 0. The van der Waals surface area contributed by atoms with Crippen LogP contribution in [0.25, 0.3) is 0 Å². The highest BCUT2D eigenvalue weighted by Crippen LogP contribution is 2.39. The van der Waals surface area contributed by atoms with E-state index >= 15 is 0 Å². The number of aliphatic hydroxyl groups is 1. The molecule has 4 heteroatoms. The molecule has 3 nitrogen and oxygen atoms in total. The fourth-order valence-electron chi connectivity index (χ4n) is 2.12. The SMILES string of the molecule is CCC(Br)C(=O)NCC1(O)CCC(C)(C)CC1. The summed E-state index contributed by atoms with van der Waals surface area (Å²) in [4.78, 5) is 11.5. The number of halogens is 1. The zero-order valence-electron chi connectivity index (χ0n) is 11.1. The molecule has 0 spiro atoms. The van der Waals surface area contributed by atoms with Crippen molar-refractivity contribution >= 4 is 21.8 Å².